The predicted molar refractivity (Wildman–Crippen MR) is 297 cm³/mol. The second-order valence-corrected chi connectivity index (χ2v) is 18.9. The van der Waals surface area contributed by atoms with Crippen molar-refractivity contribution in [3.05, 3.63) is 97.2 Å². The Balaban J connectivity index is 4.45. The summed E-state index contributed by atoms with van der Waals surface area (Å²) in [7, 11) is 0. The Morgan fingerprint density at radius 1 is 0.319 bits per heavy atom. The molecule has 394 valence electrons. The lowest BCUT2D eigenvalue weighted by Crippen LogP contribution is -2.30. The molecule has 0 aromatic rings. The van der Waals surface area contributed by atoms with E-state index in [-0.39, 0.29) is 31.1 Å². The number of esters is 3. The van der Waals surface area contributed by atoms with E-state index in [1.807, 2.05) is 0 Å². The fraction of sp³-hybridized carbons (Fsp3) is 0.698. The molecular weight excluding hydrogens is 853 g/mol. The summed E-state index contributed by atoms with van der Waals surface area (Å²) in [6.45, 7) is 6.38. The molecule has 0 amide bonds. The van der Waals surface area contributed by atoms with Crippen molar-refractivity contribution in [2.24, 2.45) is 0 Å². The molecule has 0 fully saturated rings. The predicted octanol–water partition coefficient (Wildman–Crippen LogP) is 19.3. The maximum atomic E-state index is 12.9. The maximum Gasteiger partial charge on any atom is 0.306 e. The van der Waals surface area contributed by atoms with Gasteiger partial charge in [0.05, 0.1) is 0 Å². The number of allylic oxidation sites excluding steroid dienone is 16. The van der Waals surface area contributed by atoms with E-state index in [1.165, 1.54) is 116 Å². The summed E-state index contributed by atoms with van der Waals surface area (Å²) in [4.78, 5) is 38.2. The van der Waals surface area contributed by atoms with Gasteiger partial charge in [-0.1, -0.05) is 259 Å². The summed E-state index contributed by atoms with van der Waals surface area (Å²) in [5, 5.41) is 0. The fourth-order valence-electron chi connectivity index (χ4n) is 7.88. The summed E-state index contributed by atoms with van der Waals surface area (Å²) in [5.74, 6) is -0.931. The second kappa shape index (κ2) is 56.9. The van der Waals surface area contributed by atoms with Crippen LogP contribution < -0.4 is 0 Å². The van der Waals surface area contributed by atoms with Gasteiger partial charge in [-0.15, -0.1) is 0 Å². The molecule has 0 N–H and O–H groups in total. The van der Waals surface area contributed by atoms with Gasteiger partial charge in [0.25, 0.3) is 0 Å². The van der Waals surface area contributed by atoms with Crippen LogP contribution in [0.1, 0.15) is 265 Å². The first kappa shape index (κ1) is 65.3. The Bertz CT molecular complexity index is 1380. The van der Waals surface area contributed by atoms with Crippen LogP contribution in [0.2, 0.25) is 0 Å². The van der Waals surface area contributed by atoms with Crippen molar-refractivity contribution in [3.63, 3.8) is 0 Å². The zero-order valence-electron chi connectivity index (χ0n) is 45.0. The Morgan fingerprint density at radius 3 is 1.06 bits per heavy atom. The number of hydrogen-bond donors (Lipinski definition) is 0. The number of carbonyl (C=O) groups excluding carboxylic acids is 3. The van der Waals surface area contributed by atoms with Crippen molar-refractivity contribution in [2.75, 3.05) is 13.2 Å². The molecule has 6 nitrogen and oxygen atoms in total. The highest BCUT2D eigenvalue weighted by atomic mass is 16.6. The van der Waals surface area contributed by atoms with Gasteiger partial charge in [-0.3, -0.25) is 14.4 Å². The second-order valence-electron chi connectivity index (χ2n) is 18.9. The van der Waals surface area contributed by atoms with Gasteiger partial charge in [-0.05, 0) is 83.5 Å². The normalized spacial score (nSPS) is 12.8. The van der Waals surface area contributed by atoms with Gasteiger partial charge in [0, 0.05) is 19.3 Å². The highest BCUT2D eigenvalue weighted by molar-refractivity contribution is 5.71. The summed E-state index contributed by atoms with van der Waals surface area (Å²) in [6, 6.07) is 0. The van der Waals surface area contributed by atoms with Crippen LogP contribution >= 0.6 is 0 Å². The van der Waals surface area contributed by atoms with Gasteiger partial charge < -0.3 is 14.2 Å². The first-order valence-electron chi connectivity index (χ1n) is 28.8. The highest BCUT2D eigenvalue weighted by Crippen LogP contribution is 2.16. The topological polar surface area (TPSA) is 78.9 Å². The van der Waals surface area contributed by atoms with Crippen LogP contribution in [-0.4, -0.2) is 37.2 Å². The van der Waals surface area contributed by atoms with Crippen LogP contribution in [0.15, 0.2) is 97.2 Å². The first-order valence-corrected chi connectivity index (χ1v) is 28.8. The maximum absolute atomic E-state index is 12.9. The van der Waals surface area contributed by atoms with Crippen LogP contribution in [0.25, 0.3) is 0 Å². The average molecular weight is 960 g/mol. The van der Waals surface area contributed by atoms with Crippen molar-refractivity contribution in [1.82, 2.24) is 0 Å². The van der Waals surface area contributed by atoms with E-state index in [4.69, 9.17) is 14.2 Å². The van der Waals surface area contributed by atoms with Crippen molar-refractivity contribution >= 4 is 17.9 Å². The minimum atomic E-state index is -0.796. The molecule has 1 atom stereocenters. The zero-order chi connectivity index (χ0) is 50.0. The molecule has 0 aromatic heterocycles. The molecule has 0 heterocycles. The van der Waals surface area contributed by atoms with E-state index in [1.54, 1.807) is 0 Å². The zero-order valence-corrected chi connectivity index (χ0v) is 45.0. The number of carbonyl (C=O) groups is 3. The molecule has 0 saturated heterocycles. The quantitative estimate of drug-likeness (QED) is 0.0199. The SMILES string of the molecule is CC\C=C/C=C\C=C/CCCCCCCCCC(=O)OCC(COC(=O)CCCCC/C=C\C/C=C\C/C=C\C/C=C\C/C=C\CC)OC(=O)CCCCCCCCCCCCCCCCCCC. The molecule has 0 rings (SSSR count). The van der Waals surface area contributed by atoms with Gasteiger partial charge in [0.15, 0.2) is 6.10 Å². The molecule has 0 aliphatic carbocycles. The Morgan fingerprint density at radius 2 is 0.638 bits per heavy atom. The summed E-state index contributed by atoms with van der Waals surface area (Å²) in [5.41, 5.74) is 0. The van der Waals surface area contributed by atoms with E-state index < -0.39 is 6.10 Å². The highest BCUT2D eigenvalue weighted by Gasteiger charge is 2.19. The third-order valence-corrected chi connectivity index (χ3v) is 12.1. The molecular formula is C63H106O6. The summed E-state index contributed by atoms with van der Waals surface area (Å²) in [6.07, 6.45) is 75.4. The molecule has 0 bridgehead atoms. The summed E-state index contributed by atoms with van der Waals surface area (Å²) < 4.78 is 16.8. The first-order chi connectivity index (χ1) is 34.0. The van der Waals surface area contributed by atoms with Crippen LogP contribution in [0.3, 0.4) is 0 Å². The smallest absolute Gasteiger partial charge is 0.306 e. The minimum absolute atomic E-state index is 0.0934. The van der Waals surface area contributed by atoms with E-state index in [9.17, 15) is 14.4 Å². The van der Waals surface area contributed by atoms with E-state index in [0.717, 1.165) is 109 Å². The number of unbranched alkanes of at least 4 members (excludes halogenated alkanes) is 26. The number of hydrogen-bond acceptors (Lipinski definition) is 6. The molecule has 0 aliphatic rings. The van der Waals surface area contributed by atoms with Crippen LogP contribution in [-0.2, 0) is 28.6 Å². The molecule has 0 aromatic carbocycles. The van der Waals surface area contributed by atoms with Crippen LogP contribution in [0.5, 0.6) is 0 Å². The molecule has 1 unspecified atom stereocenters. The summed E-state index contributed by atoms with van der Waals surface area (Å²) >= 11 is 0. The van der Waals surface area contributed by atoms with Gasteiger partial charge in [0.1, 0.15) is 13.2 Å². The molecule has 0 spiro atoms. The molecule has 69 heavy (non-hydrogen) atoms. The van der Waals surface area contributed by atoms with E-state index in [0.29, 0.717) is 19.3 Å². The van der Waals surface area contributed by atoms with Gasteiger partial charge >= 0.3 is 17.9 Å². The molecule has 0 aliphatic heterocycles. The molecule has 0 saturated carbocycles. The van der Waals surface area contributed by atoms with Crippen LogP contribution in [0, 0.1) is 0 Å². The van der Waals surface area contributed by atoms with E-state index in [2.05, 4.69) is 118 Å². The third-order valence-electron chi connectivity index (χ3n) is 12.1. The lowest BCUT2D eigenvalue weighted by atomic mass is 10.0. The van der Waals surface area contributed by atoms with Crippen LogP contribution in [0.4, 0.5) is 0 Å². The monoisotopic (exact) mass is 959 g/mol. The van der Waals surface area contributed by atoms with Gasteiger partial charge in [-0.25, -0.2) is 0 Å². The standard InChI is InChI=1S/C63H106O6/c1-4-7-10-13-16-19-22-25-28-30-31-33-35-38-41-44-47-50-53-56-62(65)68-59-60(58-67-61(64)55-52-49-46-43-40-37-34-27-24-21-18-15-12-9-6-3)69-63(66)57-54-51-48-45-42-39-36-32-29-26-23-20-17-14-11-8-5-2/h7,9-10,12,15-16,18-19,21,24-25,28,31,33,38,41,60H,4-6,8,11,13-14,17,20,22-23,26-27,29-30,32,34-37,39-40,42-59H2,1-3H3/b10-7-,12-9-,18-15-,19-16-,24-21-,28-25-,33-31-,41-38-. The van der Waals surface area contributed by atoms with Crippen molar-refractivity contribution < 1.29 is 28.6 Å². The van der Waals surface area contributed by atoms with Crippen molar-refractivity contribution in [1.29, 1.82) is 0 Å². The fourth-order valence-corrected chi connectivity index (χ4v) is 7.88. The molecule has 0 radical (unpaired) electrons. The third kappa shape index (κ3) is 55.1. The average Bonchev–Trinajstić information content (AvgIpc) is 3.35. The van der Waals surface area contributed by atoms with Gasteiger partial charge in [0.2, 0.25) is 0 Å². The number of rotatable bonds is 51. The Kier molecular flexibility index (Phi) is 53.9. The Labute approximate surface area is 426 Å². The Hall–Kier alpha value is -3.67. The van der Waals surface area contributed by atoms with Crippen molar-refractivity contribution in [2.45, 2.75) is 271 Å². The van der Waals surface area contributed by atoms with E-state index >= 15 is 0 Å². The lowest BCUT2D eigenvalue weighted by molar-refractivity contribution is -0.167. The largest absolute Gasteiger partial charge is 0.462 e. The van der Waals surface area contributed by atoms with Crippen molar-refractivity contribution in [3.8, 4) is 0 Å². The minimum Gasteiger partial charge on any atom is -0.462 e. The number of ether oxygens (including phenoxy) is 3. The molecule has 6 heteroatoms. The van der Waals surface area contributed by atoms with Gasteiger partial charge in [-0.2, -0.15) is 0 Å². The lowest BCUT2D eigenvalue weighted by Gasteiger charge is -2.18.